The van der Waals surface area contributed by atoms with Gasteiger partial charge >= 0.3 is 0 Å². The number of amides is 1. The molecule has 1 aromatic carbocycles. The minimum atomic E-state index is -0.118. The third-order valence-electron chi connectivity index (χ3n) is 2.54. The third-order valence-corrected chi connectivity index (χ3v) is 2.75. The van der Waals surface area contributed by atoms with E-state index in [0.29, 0.717) is 23.7 Å². The van der Waals surface area contributed by atoms with Gasteiger partial charge in [-0.25, -0.2) is 0 Å². The highest BCUT2D eigenvalue weighted by molar-refractivity contribution is 7.80. The first-order valence-corrected chi connectivity index (χ1v) is 6.23. The molecule has 0 unspecified atom stereocenters. The second-order valence-electron chi connectivity index (χ2n) is 4.00. The highest BCUT2D eigenvalue weighted by Gasteiger charge is 2.09. The predicted octanol–water partition coefficient (Wildman–Crippen LogP) is 1.21. The maximum atomic E-state index is 11.7. The van der Waals surface area contributed by atoms with E-state index < -0.39 is 0 Å². The second-order valence-corrected chi connectivity index (χ2v) is 4.52. The molecule has 0 aliphatic heterocycles. The number of methoxy groups -OCH3 is 1. The maximum Gasteiger partial charge on any atom is 0.260 e. The lowest BCUT2D eigenvalue weighted by Crippen LogP contribution is -2.33. The first kappa shape index (κ1) is 15.2. The Labute approximate surface area is 118 Å². The van der Waals surface area contributed by atoms with Crippen molar-refractivity contribution in [3.05, 3.63) is 24.3 Å². The summed E-state index contributed by atoms with van der Waals surface area (Å²) in [5.74, 6) is 1.25. The van der Waals surface area contributed by atoms with Crippen molar-refractivity contribution < 1.29 is 14.3 Å². The van der Waals surface area contributed by atoms with Gasteiger partial charge in [0.1, 0.15) is 11.5 Å². The molecule has 0 saturated carbocycles. The third kappa shape index (κ3) is 5.56. The minimum Gasteiger partial charge on any atom is -0.497 e. The normalized spacial score (nSPS) is 9.79. The average Bonchev–Trinajstić information content (AvgIpc) is 2.42. The van der Waals surface area contributed by atoms with E-state index >= 15 is 0 Å². The predicted molar refractivity (Wildman–Crippen MR) is 77.5 cm³/mol. The first-order valence-electron chi connectivity index (χ1n) is 5.82. The number of benzene rings is 1. The van der Waals surface area contributed by atoms with Crippen molar-refractivity contribution in [1.29, 1.82) is 0 Å². The molecule has 0 aliphatic rings. The van der Waals surface area contributed by atoms with E-state index in [2.05, 4.69) is 0 Å². The Morgan fingerprint density at radius 2 is 1.89 bits per heavy atom. The Bertz CT molecular complexity index is 434. The van der Waals surface area contributed by atoms with Crippen molar-refractivity contribution in [2.45, 2.75) is 6.42 Å². The van der Waals surface area contributed by atoms with E-state index in [1.807, 2.05) is 0 Å². The first-order chi connectivity index (χ1) is 9.02. The van der Waals surface area contributed by atoms with Crippen molar-refractivity contribution in [2.24, 2.45) is 5.73 Å². The van der Waals surface area contributed by atoms with Crippen LogP contribution in [-0.2, 0) is 4.79 Å². The van der Waals surface area contributed by atoms with Gasteiger partial charge in [0, 0.05) is 20.0 Å². The molecule has 0 saturated heterocycles. The summed E-state index contributed by atoms with van der Waals surface area (Å²) in [6.07, 6.45) is 0.514. The molecule has 5 nitrogen and oxygen atoms in total. The van der Waals surface area contributed by atoms with Crippen LogP contribution in [0.1, 0.15) is 6.42 Å². The maximum absolute atomic E-state index is 11.7. The van der Waals surface area contributed by atoms with Gasteiger partial charge in [-0.1, -0.05) is 12.2 Å². The SMILES string of the molecule is COc1ccc(OCC(=O)N(C)CCC(N)=S)cc1. The Morgan fingerprint density at radius 3 is 2.42 bits per heavy atom. The molecule has 0 spiro atoms. The van der Waals surface area contributed by atoms with E-state index in [1.165, 1.54) is 0 Å². The number of nitrogens with zero attached hydrogens (tertiary/aromatic N) is 1. The van der Waals surface area contributed by atoms with Gasteiger partial charge in [-0.15, -0.1) is 0 Å². The Hall–Kier alpha value is -1.82. The molecule has 0 aromatic heterocycles. The molecule has 6 heteroatoms. The lowest BCUT2D eigenvalue weighted by atomic mass is 10.3. The summed E-state index contributed by atoms with van der Waals surface area (Å²) in [4.78, 5) is 13.7. The number of rotatable bonds is 7. The van der Waals surface area contributed by atoms with Gasteiger partial charge in [0.05, 0.1) is 12.1 Å². The molecule has 0 atom stereocenters. The largest absolute Gasteiger partial charge is 0.497 e. The molecule has 1 amide bonds. The number of likely N-dealkylation sites (N-methyl/N-ethyl adjacent to an activating group) is 1. The lowest BCUT2D eigenvalue weighted by molar-refractivity contribution is -0.131. The van der Waals surface area contributed by atoms with Crippen LogP contribution >= 0.6 is 12.2 Å². The summed E-state index contributed by atoms with van der Waals surface area (Å²) in [6, 6.07) is 7.05. The highest BCUT2D eigenvalue weighted by Crippen LogP contribution is 2.16. The summed E-state index contributed by atoms with van der Waals surface area (Å²) < 4.78 is 10.4. The van der Waals surface area contributed by atoms with Gasteiger partial charge in [-0.3, -0.25) is 4.79 Å². The number of carbonyl (C=O) groups excluding carboxylic acids is 1. The zero-order valence-corrected chi connectivity index (χ0v) is 11.9. The van der Waals surface area contributed by atoms with Crippen molar-refractivity contribution in [1.82, 2.24) is 4.90 Å². The molecule has 0 heterocycles. The molecule has 1 aromatic rings. The van der Waals surface area contributed by atoms with Gasteiger partial charge in [0.15, 0.2) is 6.61 Å². The lowest BCUT2D eigenvalue weighted by Gasteiger charge is -2.17. The molecular formula is C13H18N2O3S. The van der Waals surface area contributed by atoms with E-state index in [1.54, 1.807) is 43.3 Å². The van der Waals surface area contributed by atoms with Crippen LogP contribution < -0.4 is 15.2 Å². The second kappa shape index (κ2) is 7.58. The zero-order valence-electron chi connectivity index (χ0n) is 11.1. The van der Waals surface area contributed by atoms with Crippen LogP contribution in [0.25, 0.3) is 0 Å². The Morgan fingerprint density at radius 1 is 1.32 bits per heavy atom. The zero-order chi connectivity index (χ0) is 14.3. The summed E-state index contributed by atoms with van der Waals surface area (Å²) in [6.45, 7) is 0.486. The molecular weight excluding hydrogens is 264 g/mol. The number of carbonyl (C=O) groups is 1. The smallest absolute Gasteiger partial charge is 0.260 e. The van der Waals surface area contributed by atoms with Crippen molar-refractivity contribution >= 4 is 23.1 Å². The minimum absolute atomic E-state index is 0.0137. The number of hydrogen-bond donors (Lipinski definition) is 1. The van der Waals surface area contributed by atoms with Gasteiger partial charge < -0.3 is 20.1 Å². The number of nitrogens with two attached hydrogens (primary N) is 1. The Kier molecular flexibility index (Phi) is 6.08. The van der Waals surface area contributed by atoms with Gasteiger partial charge in [0.2, 0.25) is 0 Å². The summed E-state index contributed by atoms with van der Waals surface area (Å²) in [5, 5.41) is 0. The number of ether oxygens (including phenoxy) is 2. The van der Waals surface area contributed by atoms with Gasteiger partial charge in [-0.2, -0.15) is 0 Å². The monoisotopic (exact) mass is 282 g/mol. The molecule has 1 rings (SSSR count). The fourth-order valence-electron chi connectivity index (χ4n) is 1.33. The van der Waals surface area contributed by atoms with E-state index in [9.17, 15) is 4.79 Å². The van der Waals surface area contributed by atoms with Crippen LogP contribution in [0.4, 0.5) is 0 Å². The van der Waals surface area contributed by atoms with Crippen molar-refractivity contribution in [3.63, 3.8) is 0 Å². The summed E-state index contributed by atoms with van der Waals surface area (Å²) >= 11 is 4.76. The molecule has 2 N–H and O–H groups in total. The van der Waals surface area contributed by atoms with Gasteiger partial charge in [-0.05, 0) is 24.3 Å². The fraction of sp³-hybridized carbons (Fsp3) is 0.385. The molecule has 0 fully saturated rings. The van der Waals surface area contributed by atoms with Gasteiger partial charge in [0.25, 0.3) is 5.91 Å². The molecule has 19 heavy (non-hydrogen) atoms. The van der Waals surface area contributed by atoms with E-state index in [-0.39, 0.29) is 12.5 Å². The van der Waals surface area contributed by atoms with E-state index in [0.717, 1.165) is 5.75 Å². The summed E-state index contributed by atoms with van der Waals surface area (Å²) in [5.41, 5.74) is 5.38. The number of thiocarbonyl (C=S) groups is 1. The van der Waals surface area contributed by atoms with Crippen LogP contribution in [0, 0.1) is 0 Å². The fourth-order valence-corrected chi connectivity index (χ4v) is 1.42. The summed E-state index contributed by atoms with van der Waals surface area (Å²) in [7, 11) is 3.29. The van der Waals surface area contributed by atoms with Crippen molar-refractivity contribution in [3.8, 4) is 11.5 Å². The van der Waals surface area contributed by atoms with Crippen LogP contribution in [0.3, 0.4) is 0 Å². The average molecular weight is 282 g/mol. The van der Waals surface area contributed by atoms with Crippen LogP contribution in [0.15, 0.2) is 24.3 Å². The molecule has 0 radical (unpaired) electrons. The molecule has 0 bridgehead atoms. The Balaban J connectivity index is 2.38. The van der Waals surface area contributed by atoms with Crippen molar-refractivity contribution in [2.75, 3.05) is 27.3 Å². The topological polar surface area (TPSA) is 64.8 Å². The molecule has 104 valence electrons. The van der Waals surface area contributed by atoms with Crippen LogP contribution in [-0.4, -0.2) is 43.1 Å². The number of hydrogen-bond acceptors (Lipinski definition) is 4. The highest BCUT2D eigenvalue weighted by atomic mass is 32.1. The van der Waals surface area contributed by atoms with E-state index in [4.69, 9.17) is 27.4 Å². The quantitative estimate of drug-likeness (QED) is 0.762. The standard InChI is InChI=1S/C13H18N2O3S/c1-15(8-7-12(14)19)13(16)9-18-11-5-3-10(17-2)4-6-11/h3-6H,7-9H2,1-2H3,(H2,14,19). The van der Waals surface area contributed by atoms with Crippen LogP contribution in [0.5, 0.6) is 11.5 Å². The molecule has 0 aliphatic carbocycles. The van der Waals surface area contributed by atoms with Crippen LogP contribution in [0.2, 0.25) is 0 Å².